The smallest absolute Gasteiger partial charge is 0.0991 e. The molecule has 15 heavy (non-hydrogen) atoms. The van der Waals surface area contributed by atoms with Crippen LogP contribution in [0.4, 0.5) is 0 Å². The van der Waals surface area contributed by atoms with Gasteiger partial charge in [-0.05, 0) is 31.2 Å². The second kappa shape index (κ2) is 3.76. The van der Waals surface area contributed by atoms with Crippen LogP contribution in [-0.4, -0.2) is 9.67 Å². The molecular formula is C12H12N2O. The van der Waals surface area contributed by atoms with Gasteiger partial charge in [-0.1, -0.05) is 0 Å². The Labute approximate surface area is 88.2 Å². The summed E-state index contributed by atoms with van der Waals surface area (Å²) in [6.07, 6.45) is 0. The number of nitriles is 1. The summed E-state index contributed by atoms with van der Waals surface area (Å²) in [5, 5.41) is 19.0. The highest BCUT2D eigenvalue weighted by Gasteiger charge is 2.06. The Bertz CT molecular complexity index is 534. The first-order chi connectivity index (χ1) is 7.30. The van der Waals surface area contributed by atoms with E-state index in [1.54, 1.807) is 6.07 Å². The molecule has 0 fully saturated rings. The maximum atomic E-state index is 9.19. The van der Waals surface area contributed by atoms with Gasteiger partial charge in [0.05, 0.1) is 18.2 Å². The van der Waals surface area contributed by atoms with E-state index in [0.717, 1.165) is 23.1 Å². The lowest BCUT2D eigenvalue weighted by Crippen LogP contribution is -1.99. The molecule has 0 unspecified atom stereocenters. The Morgan fingerprint density at radius 2 is 2.20 bits per heavy atom. The fourth-order valence-corrected chi connectivity index (χ4v) is 1.90. The quantitative estimate of drug-likeness (QED) is 0.806. The Kier molecular flexibility index (Phi) is 2.44. The van der Waals surface area contributed by atoms with E-state index >= 15 is 0 Å². The Hall–Kier alpha value is -1.79. The van der Waals surface area contributed by atoms with Crippen LogP contribution in [0.3, 0.4) is 0 Å². The van der Waals surface area contributed by atoms with Crippen molar-refractivity contribution in [2.45, 2.75) is 20.1 Å². The summed E-state index contributed by atoms with van der Waals surface area (Å²) in [6, 6.07) is 9.62. The van der Waals surface area contributed by atoms with E-state index in [-0.39, 0.29) is 6.61 Å². The Balaban J connectivity index is 2.72. The van der Waals surface area contributed by atoms with Gasteiger partial charge in [0.2, 0.25) is 0 Å². The molecular weight excluding hydrogens is 188 g/mol. The number of hydrogen-bond acceptors (Lipinski definition) is 2. The molecule has 2 rings (SSSR count). The molecule has 76 valence electrons. The third kappa shape index (κ3) is 1.49. The molecule has 0 bridgehead atoms. The number of aliphatic hydroxyl groups is 1. The van der Waals surface area contributed by atoms with Crippen molar-refractivity contribution in [1.82, 2.24) is 4.57 Å². The summed E-state index contributed by atoms with van der Waals surface area (Å²) >= 11 is 0. The van der Waals surface area contributed by atoms with Gasteiger partial charge in [-0.3, -0.25) is 0 Å². The van der Waals surface area contributed by atoms with Crippen LogP contribution in [0.5, 0.6) is 0 Å². The largest absolute Gasteiger partial charge is 0.390 e. The minimum absolute atomic E-state index is 0.0321. The molecule has 0 saturated carbocycles. The zero-order valence-electron chi connectivity index (χ0n) is 8.57. The summed E-state index contributed by atoms with van der Waals surface area (Å²) in [4.78, 5) is 0. The summed E-state index contributed by atoms with van der Waals surface area (Å²) in [7, 11) is 0. The van der Waals surface area contributed by atoms with Crippen LogP contribution in [0.2, 0.25) is 0 Å². The first-order valence-electron chi connectivity index (χ1n) is 4.93. The lowest BCUT2D eigenvalue weighted by Gasteiger charge is -2.04. The predicted octanol–water partition coefficient (Wildman–Crippen LogP) is 2.03. The number of fused-ring (bicyclic) bond motifs is 1. The summed E-state index contributed by atoms with van der Waals surface area (Å²) in [6.45, 7) is 2.90. The summed E-state index contributed by atoms with van der Waals surface area (Å²) in [5.41, 5.74) is 2.61. The maximum absolute atomic E-state index is 9.19. The van der Waals surface area contributed by atoms with Gasteiger partial charge in [-0.2, -0.15) is 5.26 Å². The molecule has 0 aliphatic carbocycles. The number of aryl methyl sites for hydroxylation is 1. The summed E-state index contributed by atoms with van der Waals surface area (Å²) < 4.78 is 2.05. The molecule has 3 nitrogen and oxygen atoms in total. The van der Waals surface area contributed by atoms with Crippen molar-refractivity contribution in [2.24, 2.45) is 0 Å². The zero-order valence-corrected chi connectivity index (χ0v) is 8.57. The van der Waals surface area contributed by atoms with Crippen LogP contribution in [0.1, 0.15) is 18.2 Å². The molecule has 3 heteroatoms. The van der Waals surface area contributed by atoms with Gasteiger partial charge in [0, 0.05) is 23.1 Å². The van der Waals surface area contributed by atoms with Gasteiger partial charge >= 0.3 is 0 Å². The second-order valence-electron chi connectivity index (χ2n) is 3.42. The van der Waals surface area contributed by atoms with E-state index in [9.17, 15) is 5.11 Å². The Morgan fingerprint density at radius 3 is 2.80 bits per heavy atom. The standard InChI is InChI=1S/C12H12N2O/c1-2-14-11(8-15)6-10-5-9(7-13)3-4-12(10)14/h3-6,15H,2,8H2,1H3. The van der Waals surface area contributed by atoms with Gasteiger partial charge < -0.3 is 9.67 Å². The molecule has 0 aliphatic rings. The fraction of sp³-hybridized carbons (Fsp3) is 0.250. The average molecular weight is 200 g/mol. The number of benzene rings is 1. The lowest BCUT2D eigenvalue weighted by molar-refractivity contribution is 0.272. The number of aromatic nitrogens is 1. The highest BCUT2D eigenvalue weighted by Crippen LogP contribution is 2.21. The SMILES string of the molecule is CCn1c(CO)cc2cc(C#N)ccc21. The van der Waals surface area contributed by atoms with Gasteiger partial charge in [-0.25, -0.2) is 0 Å². The van der Waals surface area contributed by atoms with E-state index in [1.807, 2.05) is 25.1 Å². The van der Waals surface area contributed by atoms with Crippen molar-refractivity contribution in [2.75, 3.05) is 0 Å². The van der Waals surface area contributed by atoms with Crippen molar-refractivity contribution in [3.8, 4) is 6.07 Å². The molecule has 1 N–H and O–H groups in total. The minimum atomic E-state index is 0.0321. The van der Waals surface area contributed by atoms with Crippen LogP contribution in [-0.2, 0) is 13.2 Å². The molecule has 0 atom stereocenters. The van der Waals surface area contributed by atoms with E-state index in [0.29, 0.717) is 5.56 Å². The normalized spacial score (nSPS) is 10.5. The molecule has 1 heterocycles. The van der Waals surface area contributed by atoms with Crippen LogP contribution in [0.25, 0.3) is 10.9 Å². The number of rotatable bonds is 2. The minimum Gasteiger partial charge on any atom is -0.390 e. The van der Waals surface area contributed by atoms with Crippen molar-refractivity contribution in [3.63, 3.8) is 0 Å². The van der Waals surface area contributed by atoms with Crippen molar-refractivity contribution < 1.29 is 5.11 Å². The third-order valence-corrected chi connectivity index (χ3v) is 2.59. The van der Waals surface area contributed by atoms with Crippen molar-refractivity contribution >= 4 is 10.9 Å². The number of aliphatic hydroxyl groups excluding tert-OH is 1. The lowest BCUT2D eigenvalue weighted by atomic mass is 10.2. The average Bonchev–Trinajstić information content (AvgIpc) is 2.65. The topological polar surface area (TPSA) is 49.0 Å². The molecule has 0 amide bonds. The molecule has 2 aromatic rings. The monoisotopic (exact) mass is 200 g/mol. The zero-order chi connectivity index (χ0) is 10.8. The number of hydrogen-bond donors (Lipinski definition) is 1. The first kappa shape index (κ1) is 9.75. The maximum Gasteiger partial charge on any atom is 0.0991 e. The van der Waals surface area contributed by atoms with E-state index in [4.69, 9.17) is 5.26 Å². The highest BCUT2D eigenvalue weighted by molar-refractivity contribution is 5.82. The van der Waals surface area contributed by atoms with E-state index < -0.39 is 0 Å². The van der Waals surface area contributed by atoms with Gasteiger partial charge in [0.1, 0.15) is 0 Å². The number of nitrogens with zero attached hydrogens (tertiary/aromatic N) is 2. The van der Waals surface area contributed by atoms with Gasteiger partial charge in [0.15, 0.2) is 0 Å². The Morgan fingerprint density at radius 1 is 1.40 bits per heavy atom. The highest BCUT2D eigenvalue weighted by atomic mass is 16.3. The van der Waals surface area contributed by atoms with Crippen LogP contribution < -0.4 is 0 Å². The van der Waals surface area contributed by atoms with E-state index in [1.165, 1.54) is 0 Å². The molecule has 0 radical (unpaired) electrons. The van der Waals surface area contributed by atoms with Crippen molar-refractivity contribution in [3.05, 3.63) is 35.5 Å². The van der Waals surface area contributed by atoms with Gasteiger partial charge in [-0.15, -0.1) is 0 Å². The molecule has 1 aromatic heterocycles. The van der Waals surface area contributed by atoms with Gasteiger partial charge in [0.25, 0.3) is 0 Å². The predicted molar refractivity (Wildman–Crippen MR) is 58.2 cm³/mol. The third-order valence-electron chi connectivity index (χ3n) is 2.59. The van der Waals surface area contributed by atoms with Crippen molar-refractivity contribution in [1.29, 1.82) is 5.26 Å². The first-order valence-corrected chi connectivity index (χ1v) is 4.93. The summed E-state index contributed by atoms with van der Waals surface area (Å²) in [5.74, 6) is 0. The molecule has 1 aromatic carbocycles. The fourth-order valence-electron chi connectivity index (χ4n) is 1.90. The molecule has 0 spiro atoms. The van der Waals surface area contributed by atoms with Crippen LogP contribution in [0.15, 0.2) is 24.3 Å². The molecule has 0 saturated heterocycles. The molecule has 0 aliphatic heterocycles. The van der Waals surface area contributed by atoms with E-state index in [2.05, 4.69) is 10.6 Å². The van der Waals surface area contributed by atoms with Crippen LogP contribution in [0, 0.1) is 11.3 Å². The second-order valence-corrected chi connectivity index (χ2v) is 3.42. The van der Waals surface area contributed by atoms with Crippen LogP contribution >= 0.6 is 0 Å².